The van der Waals surface area contributed by atoms with Crippen molar-refractivity contribution in [2.75, 3.05) is 11.5 Å². The molecule has 0 amide bonds. The molecule has 0 aliphatic rings. The highest BCUT2D eigenvalue weighted by Gasteiger charge is 2.16. The summed E-state index contributed by atoms with van der Waals surface area (Å²) < 4.78 is 24.4. The lowest BCUT2D eigenvalue weighted by Crippen LogP contribution is -2.10. The number of hydrogen-bond donors (Lipinski definition) is 1. The third-order valence-corrected chi connectivity index (χ3v) is 4.79. The first-order chi connectivity index (χ1) is 8.39. The second kappa shape index (κ2) is 6.33. The van der Waals surface area contributed by atoms with Crippen molar-refractivity contribution in [3.05, 3.63) is 17.5 Å². The summed E-state index contributed by atoms with van der Waals surface area (Å²) in [5, 5.41) is 14.3. The van der Waals surface area contributed by atoms with Crippen LogP contribution in [-0.4, -0.2) is 34.8 Å². The highest BCUT2D eigenvalue weighted by atomic mass is 32.2. The Kier molecular flexibility index (Phi) is 5.34. The molecule has 0 aromatic carbocycles. The number of aliphatic hydroxyl groups excluding tert-OH is 1. The zero-order valence-electron chi connectivity index (χ0n) is 11.3. The summed E-state index contributed by atoms with van der Waals surface area (Å²) in [6, 6.07) is 0. The molecule has 1 aromatic rings. The lowest BCUT2D eigenvalue weighted by atomic mass is 10.1. The normalized spacial score (nSPS) is 13.8. The molecule has 0 radical (unpaired) electrons. The van der Waals surface area contributed by atoms with E-state index in [-0.39, 0.29) is 11.5 Å². The highest BCUT2D eigenvalue weighted by Crippen LogP contribution is 2.22. The van der Waals surface area contributed by atoms with Crippen molar-refractivity contribution in [2.45, 2.75) is 39.2 Å². The van der Waals surface area contributed by atoms with E-state index in [1.54, 1.807) is 17.8 Å². The summed E-state index contributed by atoms with van der Waals surface area (Å²) >= 11 is 0. The summed E-state index contributed by atoms with van der Waals surface area (Å²) in [7, 11) is -1.12. The van der Waals surface area contributed by atoms with Gasteiger partial charge in [0.2, 0.25) is 0 Å². The summed E-state index contributed by atoms with van der Waals surface area (Å²) in [6.45, 7) is 3.63. The first-order valence-corrected chi connectivity index (χ1v) is 8.12. The van der Waals surface area contributed by atoms with Gasteiger partial charge in [-0.25, -0.2) is 8.42 Å². The summed E-state index contributed by atoms with van der Waals surface area (Å²) in [5.74, 6) is 0.304. The van der Waals surface area contributed by atoms with Gasteiger partial charge in [-0.2, -0.15) is 5.10 Å². The first kappa shape index (κ1) is 15.2. The molecule has 1 atom stereocenters. The Morgan fingerprint density at radius 2 is 2.11 bits per heavy atom. The Hall–Kier alpha value is -0.880. The number of aryl methyl sites for hydroxylation is 2. The largest absolute Gasteiger partial charge is 0.388 e. The third-order valence-electron chi connectivity index (χ3n) is 3.00. The van der Waals surface area contributed by atoms with Gasteiger partial charge < -0.3 is 5.11 Å². The van der Waals surface area contributed by atoms with Crippen molar-refractivity contribution in [1.82, 2.24) is 9.78 Å². The number of nitrogens with zero attached hydrogens (tertiary/aromatic N) is 2. The Morgan fingerprint density at radius 3 is 2.67 bits per heavy atom. The van der Waals surface area contributed by atoms with Gasteiger partial charge in [0.15, 0.2) is 0 Å². The van der Waals surface area contributed by atoms with Crippen molar-refractivity contribution >= 4 is 9.84 Å². The van der Waals surface area contributed by atoms with E-state index < -0.39 is 15.9 Å². The highest BCUT2D eigenvalue weighted by molar-refractivity contribution is 7.91. The monoisotopic (exact) mass is 274 g/mol. The Balaban J connectivity index is 2.57. The average Bonchev–Trinajstić information content (AvgIpc) is 2.70. The molecule has 6 heteroatoms. The first-order valence-electron chi connectivity index (χ1n) is 6.30. The van der Waals surface area contributed by atoms with Crippen molar-refractivity contribution in [1.29, 1.82) is 0 Å². The second-order valence-electron chi connectivity index (χ2n) is 4.45. The van der Waals surface area contributed by atoms with Crippen LogP contribution in [0.3, 0.4) is 0 Å². The smallest absolute Gasteiger partial charge is 0.150 e. The van der Waals surface area contributed by atoms with E-state index in [0.29, 0.717) is 12.8 Å². The maximum absolute atomic E-state index is 11.3. The summed E-state index contributed by atoms with van der Waals surface area (Å²) in [6.07, 6.45) is 2.88. The van der Waals surface area contributed by atoms with Crippen molar-refractivity contribution in [2.24, 2.45) is 7.05 Å². The van der Waals surface area contributed by atoms with E-state index in [2.05, 4.69) is 5.10 Å². The fraction of sp³-hybridized carbons (Fsp3) is 0.750. The van der Waals surface area contributed by atoms with Crippen LogP contribution in [0.25, 0.3) is 0 Å². The van der Waals surface area contributed by atoms with E-state index in [1.807, 2.05) is 14.0 Å². The lowest BCUT2D eigenvalue weighted by Gasteiger charge is -2.09. The lowest BCUT2D eigenvalue weighted by molar-refractivity contribution is 0.165. The fourth-order valence-electron chi connectivity index (χ4n) is 1.90. The van der Waals surface area contributed by atoms with Gasteiger partial charge in [-0.15, -0.1) is 0 Å². The quantitative estimate of drug-likeness (QED) is 0.811. The van der Waals surface area contributed by atoms with E-state index in [4.69, 9.17) is 0 Å². The molecule has 0 aliphatic heterocycles. The Morgan fingerprint density at radius 1 is 1.44 bits per heavy atom. The van der Waals surface area contributed by atoms with Gasteiger partial charge >= 0.3 is 0 Å². The van der Waals surface area contributed by atoms with E-state index in [0.717, 1.165) is 17.7 Å². The fourth-order valence-corrected chi connectivity index (χ4v) is 2.80. The molecule has 1 unspecified atom stereocenters. The maximum Gasteiger partial charge on any atom is 0.150 e. The van der Waals surface area contributed by atoms with Crippen molar-refractivity contribution in [3.8, 4) is 0 Å². The van der Waals surface area contributed by atoms with Crippen molar-refractivity contribution in [3.63, 3.8) is 0 Å². The van der Waals surface area contributed by atoms with E-state index in [1.165, 1.54) is 0 Å². The van der Waals surface area contributed by atoms with Crippen LogP contribution in [0.2, 0.25) is 0 Å². The zero-order valence-corrected chi connectivity index (χ0v) is 12.1. The number of hydrogen-bond acceptors (Lipinski definition) is 4. The van der Waals surface area contributed by atoms with Crippen molar-refractivity contribution < 1.29 is 13.5 Å². The van der Waals surface area contributed by atoms with Gasteiger partial charge in [-0.05, 0) is 19.3 Å². The van der Waals surface area contributed by atoms with Gasteiger partial charge in [0.25, 0.3) is 0 Å². The molecule has 0 fully saturated rings. The van der Waals surface area contributed by atoms with Crippen LogP contribution in [0.15, 0.2) is 6.20 Å². The topological polar surface area (TPSA) is 72.2 Å². The number of sulfone groups is 1. The summed E-state index contributed by atoms with van der Waals surface area (Å²) in [4.78, 5) is 0. The maximum atomic E-state index is 11.3. The van der Waals surface area contributed by atoms with Gasteiger partial charge in [0, 0.05) is 24.6 Å². The van der Waals surface area contributed by atoms with E-state index >= 15 is 0 Å². The van der Waals surface area contributed by atoms with Crippen LogP contribution in [0, 0.1) is 0 Å². The molecule has 1 rings (SSSR count). The SMILES string of the molecule is CCc1nn(C)cc1C(O)CCCS(=O)(=O)CC. The van der Waals surface area contributed by atoms with Crippen LogP contribution < -0.4 is 0 Å². The Bertz CT molecular complexity index is 480. The molecule has 0 bridgehead atoms. The predicted octanol–water partition coefficient (Wildman–Crippen LogP) is 1.23. The molecule has 5 nitrogen and oxygen atoms in total. The summed E-state index contributed by atoms with van der Waals surface area (Å²) in [5.41, 5.74) is 1.69. The zero-order chi connectivity index (χ0) is 13.8. The minimum absolute atomic E-state index is 0.141. The molecular weight excluding hydrogens is 252 g/mol. The second-order valence-corrected chi connectivity index (χ2v) is 6.93. The molecule has 0 spiro atoms. The molecule has 104 valence electrons. The van der Waals surface area contributed by atoms with Gasteiger partial charge in [-0.3, -0.25) is 4.68 Å². The number of aromatic nitrogens is 2. The molecule has 1 aromatic heterocycles. The minimum Gasteiger partial charge on any atom is -0.388 e. The molecule has 1 heterocycles. The van der Waals surface area contributed by atoms with Crippen LogP contribution in [0.5, 0.6) is 0 Å². The van der Waals surface area contributed by atoms with Crippen LogP contribution in [-0.2, 0) is 23.3 Å². The molecule has 0 saturated heterocycles. The molecule has 0 saturated carbocycles. The molecule has 0 aliphatic carbocycles. The van der Waals surface area contributed by atoms with E-state index in [9.17, 15) is 13.5 Å². The van der Waals surface area contributed by atoms with Crippen LogP contribution in [0.1, 0.15) is 44.1 Å². The Labute approximate surface area is 109 Å². The number of aliphatic hydroxyl groups is 1. The average molecular weight is 274 g/mol. The van der Waals surface area contributed by atoms with Crippen LogP contribution >= 0.6 is 0 Å². The third kappa shape index (κ3) is 4.10. The predicted molar refractivity (Wildman–Crippen MR) is 71.1 cm³/mol. The van der Waals surface area contributed by atoms with Crippen LogP contribution in [0.4, 0.5) is 0 Å². The molecular formula is C12H22N2O3S. The van der Waals surface area contributed by atoms with Gasteiger partial charge in [0.05, 0.1) is 17.6 Å². The van der Waals surface area contributed by atoms with Gasteiger partial charge in [-0.1, -0.05) is 13.8 Å². The molecule has 1 N–H and O–H groups in total. The standard InChI is InChI=1S/C12H22N2O3S/c1-4-11-10(9-14(3)13-11)12(15)7-6-8-18(16,17)5-2/h9,12,15H,4-8H2,1-3H3. The molecule has 18 heavy (non-hydrogen) atoms. The van der Waals surface area contributed by atoms with Gasteiger partial charge in [0.1, 0.15) is 9.84 Å². The minimum atomic E-state index is -2.94. The number of rotatable bonds is 7.